The summed E-state index contributed by atoms with van der Waals surface area (Å²) in [7, 11) is 2.90. The second-order valence-corrected chi connectivity index (χ2v) is 5.33. The highest BCUT2D eigenvalue weighted by molar-refractivity contribution is 5.99. The van der Waals surface area contributed by atoms with Gasteiger partial charge in [0.05, 0.1) is 18.4 Å². The Kier molecular flexibility index (Phi) is 3.08. The van der Waals surface area contributed by atoms with Gasteiger partial charge in [-0.1, -0.05) is 13.8 Å². The summed E-state index contributed by atoms with van der Waals surface area (Å²) in [6.45, 7) is 3.74. The lowest BCUT2D eigenvalue weighted by molar-refractivity contribution is -0.119. The number of carbonyl (C=O) groups is 2. The Morgan fingerprint density at radius 1 is 1.47 bits per heavy atom. The van der Waals surface area contributed by atoms with E-state index < -0.39 is 11.2 Å². The molecule has 1 aromatic carbocycles. The van der Waals surface area contributed by atoms with Crippen LogP contribution in [-0.4, -0.2) is 26.4 Å². The first-order valence-corrected chi connectivity index (χ1v) is 5.96. The number of ether oxygens (including phenoxy) is 1. The van der Waals surface area contributed by atoms with Gasteiger partial charge in [-0.3, -0.25) is 9.59 Å². The minimum atomic E-state index is -0.701. The predicted molar refractivity (Wildman–Crippen MR) is 69.4 cm³/mol. The van der Waals surface area contributed by atoms with Gasteiger partial charge in [0.25, 0.3) is 0 Å². The van der Waals surface area contributed by atoms with E-state index in [9.17, 15) is 14.0 Å². The number of amides is 1. The van der Waals surface area contributed by atoms with Crippen LogP contribution in [0.5, 0.6) is 5.75 Å². The van der Waals surface area contributed by atoms with Gasteiger partial charge in [0.1, 0.15) is 5.75 Å². The normalized spacial score (nSPS) is 17.1. The van der Waals surface area contributed by atoms with Crippen LogP contribution >= 0.6 is 0 Å². The molecule has 0 fully saturated rings. The standard InChI is InChI=1S/C14H16FNO3/c1-14(2)6-11(18)16(3)13-9(14)5-10(19-4)8(7-17)12(13)15/h5,7H,6H2,1-4H3. The van der Waals surface area contributed by atoms with E-state index in [-0.39, 0.29) is 22.9 Å². The molecule has 5 heteroatoms. The first-order valence-electron chi connectivity index (χ1n) is 5.96. The number of rotatable bonds is 2. The lowest BCUT2D eigenvalue weighted by Gasteiger charge is -2.37. The molecule has 0 atom stereocenters. The Hall–Kier alpha value is -1.91. The van der Waals surface area contributed by atoms with Crippen LogP contribution in [0.4, 0.5) is 10.1 Å². The number of aldehydes is 1. The highest BCUT2D eigenvalue weighted by Gasteiger charge is 2.38. The maximum Gasteiger partial charge on any atom is 0.227 e. The largest absolute Gasteiger partial charge is 0.496 e. The van der Waals surface area contributed by atoms with Crippen molar-refractivity contribution in [1.29, 1.82) is 0 Å². The number of hydrogen-bond acceptors (Lipinski definition) is 3. The summed E-state index contributed by atoms with van der Waals surface area (Å²) in [5, 5.41) is 0. The second kappa shape index (κ2) is 4.33. The summed E-state index contributed by atoms with van der Waals surface area (Å²) < 4.78 is 19.5. The van der Waals surface area contributed by atoms with Crippen LogP contribution in [0, 0.1) is 5.82 Å². The fourth-order valence-corrected chi connectivity index (χ4v) is 2.47. The molecule has 0 spiro atoms. The van der Waals surface area contributed by atoms with Crippen molar-refractivity contribution in [3.05, 3.63) is 23.0 Å². The van der Waals surface area contributed by atoms with Gasteiger partial charge in [0.15, 0.2) is 12.1 Å². The Bertz CT molecular complexity index is 566. The van der Waals surface area contributed by atoms with Crippen LogP contribution in [0.3, 0.4) is 0 Å². The van der Waals surface area contributed by atoms with E-state index in [1.165, 1.54) is 19.1 Å². The first-order chi connectivity index (χ1) is 8.83. The Balaban J connectivity index is 2.82. The molecule has 0 saturated heterocycles. The Morgan fingerprint density at radius 2 is 2.11 bits per heavy atom. The van der Waals surface area contributed by atoms with Crippen LogP contribution in [0.15, 0.2) is 6.07 Å². The summed E-state index contributed by atoms with van der Waals surface area (Å²) >= 11 is 0. The monoisotopic (exact) mass is 265 g/mol. The molecular formula is C14H16FNO3. The Morgan fingerprint density at radius 3 is 2.63 bits per heavy atom. The summed E-state index contributed by atoms with van der Waals surface area (Å²) in [6, 6.07) is 1.64. The van der Waals surface area contributed by atoms with Crippen LogP contribution in [0.25, 0.3) is 0 Å². The number of hydrogen-bond donors (Lipinski definition) is 0. The number of nitrogens with zero attached hydrogens (tertiary/aromatic N) is 1. The summed E-state index contributed by atoms with van der Waals surface area (Å²) in [6.07, 6.45) is 0.702. The van der Waals surface area contributed by atoms with E-state index in [1.54, 1.807) is 6.07 Å². The van der Waals surface area contributed by atoms with Crippen LogP contribution in [-0.2, 0) is 10.2 Å². The number of fused-ring (bicyclic) bond motifs is 1. The smallest absolute Gasteiger partial charge is 0.227 e. The van der Waals surface area contributed by atoms with E-state index in [2.05, 4.69) is 0 Å². The molecule has 0 saturated carbocycles. The van der Waals surface area contributed by atoms with Crippen molar-refractivity contribution >= 4 is 17.9 Å². The topological polar surface area (TPSA) is 46.6 Å². The zero-order valence-electron chi connectivity index (χ0n) is 11.4. The Labute approximate surface area is 111 Å². The average molecular weight is 265 g/mol. The molecule has 1 heterocycles. The van der Waals surface area contributed by atoms with Crippen molar-refractivity contribution in [1.82, 2.24) is 0 Å². The number of anilines is 1. The number of halogens is 1. The number of carbonyl (C=O) groups excluding carboxylic acids is 2. The molecule has 0 unspecified atom stereocenters. The molecule has 2 rings (SSSR count). The van der Waals surface area contributed by atoms with E-state index >= 15 is 0 Å². The zero-order chi connectivity index (χ0) is 14.4. The fourth-order valence-electron chi connectivity index (χ4n) is 2.47. The third kappa shape index (κ3) is 1.89. The van der Waals surface area contributed by atoms with Gasteiger partial charge >= 0.3 is 0 Å². The third-order valence-corrected chi connectivity index (χ3v) is 3.61. The van der Waals surface area contributed by atoms with Gasteiger partial charge in [-0.05, 0) is 11.6 Å². The number of methoxy groups -OCH3 is 1. The van der Waals surface area contributed by atoms with Gasteiger partial charge in [0, 0.05) is 18.9 Å². The number of benzene rings is 1. The third-order valence-electron chi connectivity index (χ3n) is 3.61. The van der Waals surface area contributed by atoms with E-state index in [0.717, 1.165) is 0 Å². The predicted octanol–water partition coefficient (Wildman–Crippen LogP) is 2.29. The zero-order valence-corrected chi connectivity index (χ0v) is 11.4. The van der Waals surface area contributed by atoms with Gasteiger partial charge in [-0.25, -0.2) is 4.39 Å². The van der Waals surface area contributed by atoms with Gasteiger partial charge in [-0.15, -0.1) is 0 Å². The van der Waals surface area contributed by atoms with Gasteiger partial charge in [0.2, 0.25) is 5.91 Å². The van der Waals surface area contributed by atoms with E-state index in [1.807, 2.05) is 13.8 Å². The molecule has 1 aromatic rings. The van der Waals surface area contributed by atoms with Crippen molar-refractivity contribution in [3.8, 4) is 5.75 Å². The second-order valence-electron chi connectivity index (χ2n) is 5.33. The van der Waals surface area contributed by atoms with Crippen molar-refractivity contribution in [2.45, 2.75) is 25.7 Å². The summed E-state index contributed by atoms with van der Waals surface area (Å²) in [4.78, 5) is 24.2. The molecule has 0 bridgehead atoms. The summed E-state index contributed by atoms with van der Waals surface area (Å²) in [5.41, 5.74) is 0.200. The lowest BCUT2D eigenvalue weighted by atomic mass is 9.76. The van der Waals surface area contributed by atoms with Crippen molar-refractivity contribution in [2.24, 2.45) is 0 Å². The highest BCUT2D eigenvalue weighted by Crippen LogP contribution is 2.44. The van der Waals surface area contributed by atoms with Crippen molar-refractivity contribution < 1.29 is 18.7 Å². The van der Waals surface area contributed by atoms with Crippen molar-refractivity contribution in [2.75, 3.05) is 19.1 Å². The minimum absolute atomic E-state index is 0.154. The van der Waals surface area contributed by atoms with Crippen LogP contribution < -0.4 is 9.64 Å². The lowest BCUT2D eigenvalue weighted by Crippen LogP contribution is -2.40. The summed E-state index contributed by atoms with van der Waals surface area (Å²) in [5.74, 6) is -0.673. The molecule has 19 heavy (non-hydrogen) atoms. The van der Waals surface area contributed by atoms with Crippen LogP contribution in [0.1, 0.15) is 36.2 Å². The molecule has 4 nitrogen and oxygen atoms in total. The van der Waals surface area contributed by atoms with E-state index in [4.69, 9.17) is 4.74 Å². The van der Waals surface area contributed by atoms with E-state index in [0.29, 0.717) is 18.3 Å². The quantitative estimate of drug-likeness (QED) is 0.771. The molecule has 1 amide bonds. The molecule has 0 N–H and O–H groups in total. The van der Waals surface area contributed by atoms with Gasteiger partial charge in [-0.2, -0.15) is 0 Å². The maximum atomic E-state index is 14.5. The molecule has 0 radical (unpaired) electrons. The van der Waals surface area contributed by atoms with Crippen LogP contribution in [0.2, 0.25) is 0 Å². The molecule has 1 aliphatic heterocycles. The van der Waals surface area contributed by atoms with Crippen molar-refractivity contribution in [3.63, 3.8) is 0 Å². The fraction of sp³-hybridized carbons (Fsp3) is 0.429. The van der Waals surface area contributed by atoms with Gasteiger partial charge < -0.3 is 9.64 Å². The molecule has 1 aliphatic rings. The molecular weight excluding hydrogens is 249 g/mol. The minimum Gasteiger partial charge on any atom is -0.496 e. The average Bonchev–Trinajstić information content (AvgIpc) is 2.34. The molecule has 102 valence electrons. The maximum absolute atomic E-state index is 14.5. The molecule has 0 aromatic heterocycles. The highest BCUT2D eigenvalue weighted by atomic mass is 19.1. The first kappa shape index (κ1) is 13.5. The SMILES string of the molecule is COc1cc2c(c(F)c1C=O)N(C)C(=O)CC2(C)C. The molecule has 0 aliphatic carbocycles.